The summed E-state index contributed by atoms with van der Waals surface area (Å²) in [6, 6.07) is 8.98. The van der Waals surface area contributed by atoms with Gasteiger partial charge in [0.2, 0.25) is 0 Å². The van der Waals surface area contributed by atoms with E-state index in [4.69, 9.17) is 14.2 Å². The highest BCUT2D eigenvalue weighted by atomic mass is 16.6. The number of nitrogens with one attached hydrogen (secondary N) is 2. The number of ether oxygens (including phenoxy) is 3. The van der Waals surface area contributed by atoms with Crippen molar-refractivity contribution in [3.8, 4) is 11.5 Å². The molecule has 2 N–H and O–H groups in total. The van der Waals surface area contributed by atoms with E-state index >= 15 is 0 Å². The number of carbonyl (C=O) groups is 1. The Morgan fingerprint density at radius 1 is 1.20 bits per heavy atom. The highest BCUT2D eigenvalue weighted by Gasteiger charge is 2.12. The van der Waals surface area contributed by atoms with Gasteiger partial charge in [-0.25, -0.2) is 4.98 Å². The van der Waals surface area contributed by atoms with E-state index in [-0.39, 0.29) is 5.91 Å². The first kappa shape index (κ1) is 17.0. The van der Waals surface area contributed by atoms with Crippen LogP contribution in [0.5, 0.6) is 11.5 Å². The molecule has 1 aliphatic heterocycles. The van der Waals surface area contributed by atoms with Gasteiger partial charge in [0.05, 0.1) is 0 Å². The first-order chi connectivity index (χ1) is 12.3. The SMILES string of the molecule is COCCCNC(=O)c1ccnc(Nc2ccc3c(c2)OCCO3)c1. The van der Waals surface area contributed by atoms with E-state index in [1.54, 1.807) is 25.4 Å². The molecule has 7 nitrogen and oxygen atoms in total. The first-order valence-corrected chi connectivity index (χ1v) is 8.16. The van der Waals surface area contributed by atoms with Gasteiger partial charge in [-0.2, -0.15) is 0 Å². The molecule has 0 spiro atoms. The molecule has 1 aliphatic rings. The number of rotatable bonds is 7. The Hall–Kier alpha value is -2.80. The van der Waals surface area contributed by atoms with E-state index in [9.17, 15) is 4.79 Å². The van der Waals surface area contributed by atoms with Crippen LogP contribution in [0.25, 0.3) is 0 Å². The molecule has 0 aliphatic carbocycles. The van der Waals surface area contributed by atoms with Crippen LogP contribution in [0.1, 0.15) is 16.8 Å². The summed E-state index contributed by atoms with van der Waals surface area (Å²) in [6.07, 6.45) is 2.38. The number of anilines is 2. The highest BCUT2D eigenvalue weighted by Crippen LogP contribution is 2.33. The number of carbonyl (C=O) groups excluding carboxylic acids is 1. The molecular formula is C18H21N3O4. The van der Waals surface area contributed by atoms with Gasteiger partial charge in [0.1, 0.15) is 19.0 Å². The van der Waals surface area contributed by atoms with Crippen LogP contribution < -0.4 is 20.1 Å². The molecule has 0 bridgehead atoms. The van der Waals surface area contributed by atoms with Crippen LogP contribution in [-0.2, 0) is 4.74 Å². The zero-order valence-corrected chi connectivity index (χ0v) is 14.1. The van der Waals surface area contributed by atoms with Crippen LogP contribution in [0.4, 0.5) is 11.5 Å². The van der Waals surface area contributed by atoms with Crippen LogP contribution in [0, 0.1) is 0 Å². The number of nitrogens with zero attached hydrogens (tertiary/aromatic N) is 1. The largest absolute Gasteiger partial charge is 0.486 e. The van der Waals surface area contributed by atoms with Crippen LogP contribution >= 0.6 is 0 Å². The van der Waals surface area contributed by atoms with Gasteiger partial charge in [0.15, 0.2) is 11.5 Å². The summed E-state index contributed by atoms with van der Waals surface area (Å²) in [6.45, 7) is 2.28. The third kappa shape index (κ3) is 4.60. The number of methoxy groups -OCH3 is 1. The van der Waals surface area contributed by atoms with Crippen LogP contribution in [0.2, 0.25) is 0 Å². The van der Waals surface area contributed by atoms with Crippen LogP contribution in [-0.4, -0.2) is 44.4 Å². The minimum atomic E-state index is -0.135. The van der Waals surface area contributed by atoms with Crippen molar-refractivity contribution < 1.29 is 19.0 Å². The topological polar surface area (TPSA) is 81.7 Å². The lowest BCUT2D eigenvalue weighted by molar-refractivity contribution is 0.0948. The van der Waals surface area contributed by atoms with E-state index < -0.39 is 0 Å². The summed E-state index contributed by atoms with van der Waals surface area (Å²) in [5, 5.41) is 6.03. The number of amides is 1. The summed E-state index contributed by atoms with van der Waals surface area (Å²) in [7, 11) is 1.64. The Bertz CT molecular complexity index is 736. The smallest absolute Gasteiger partial charge is 0.251 e. The standard InChI is InChI=1S/C18H21N3O4/c1-23-8-2-6-20-18(22)13-5-7-19-17(11-13)21-14-3-4-15-16(12-14)25-10-9-24-15/h3-5,7,11-12H,2,6,8-10H2,1H3,(H,19,21)(H,20,22). The molecule has 0 saturated heterocycles. The van der Waals surface area contributed by atoms with E-state index in [2.05, 4.69) is 15.6 Å². The van der Waals surface area contributed by atoms with Crippen molar-refractivity contribution in [2.24, 2.45) is 0 Å². The minimum Gasteiger partial charge on any atom is -0.486 e. The molecule has 2 heterocycles. The molecule has 0 atom stereocenters. The van der Waals surface area contributed by atoms with Gasteiger partial charge in [-0.15, -0.1) is 0 Å². The lowest BCUT2D eigenvalue weighted by Crippen LogP contribution is -2.25. The highest BCUT2D eigenvalue weighted by molar-refractivity contribution is 5.94. The van der Waals surface area contributed by atoms with E-state index in [0.717, 1.165) is 17.9 Å². The summed E-state index contributed by atoms with van der Waals surface area (Å²) in [5.74, 6) is 1.88. The number of hydrogen-bond acceptors (Lipinski definition) is 6. The molecule has 1 amide bonds. The number of hydrogen-bond donors (Lipinski definition) is 2. The normalized spacial score (nSPS) is 12.5. The third-order valence-corrected chi connectivity index (χ3v) is 3.65. The average molecular weight is 343 g/mol. The predicted octanol–water partition coefficient (Wildman–Crippen LogP) is 2.36. The number of benzene rings is 1. The Labute approximate surface area is 146 Å². The van der Waals surface area contributed by atoms with Crippen molar-refractivity contribution in [1.82, 2.24) is 10.3 Å². The molecular weight excluding hydrogens is 322 g/mol. The zero-order valence-electron chi connectivity index (χ0n) is 14.1. The summed E-state index contributed by atoms with van der Waals surface area (Å²) in [5.41, 5.74) is 1.36. The van der Waals surface area contributed by atoms with Gasteiger partial charge in [0.25, 0.3) is 5.91 Å². The van der Waals surface area contributed by atoms with Gasteiger partial charge in [-0.05, 0) is 30.7 Å². The Morgan fingerprint density at radius 2 is 2.04 bits per heavy atom. The second-order valence-corrected chi connectivity index (χ2v) is 5.52. The summed E-state index contributed by atoms with van der Waals surface area (Å²) in [4.78, 5) is 16.4. The van der Waals surface area contributed by atoms with E-state index in [1.807, 2.05) is 18.2 Å². The predicted molar refractivity (Wildman–Crippen MR) is 93.8 cm³/mol. The van der Waals surface area contributed by atoms with Crippen molar-refractivity contribution in [2.75, 3.05) is 38.8 Å². The van der Waals surface area contributed by atoms with Crippen molar-refractivity contribution >= 4 is 17.4 Å². The molecule has 0 radical (unpaired) electrons. The molecule has 0 saturated carbocycles. The molecule has 7 heteroatoms. The maximum Gasteiger partial charge on any atom is 0.251 e. The Morgan fingerprint density at radius 3 is 2.88 bits per heavy atom. The number of fused-ring (bicyclic) bond motifs is 1. The number of aromatic nitrogens is 1. The lowest BCUT2D eigenvalue weighted by Gasteiger charge is -2.19. The fraction of sp³-hybridized carbons (Fsp3) is 0.333. The van der Waals surface area contributed by atoms with Crippen molar-refractivity contribution in [3.63, 3.8) is 0 Å². The quantitative estimate of drug-likeness (QED) is 0.751. The molecule has 0 fully saturated rings. The van der Waals surface area contributed by atoms with Crippen molar-refractivity contribution in [1.29, 1.82) is 0 Å². The molecule has 132 valence electrons. The van der Waals surface area contributed by atoms with Crippen molar-refractivity contribution in [2.45, 2.75) is 6.42 Å². The zero-order chi connectivity index (χ0) is 17.5. The van der Waals surface area contributed by atoms with Gasteiger partial charge in [-0.1, -0.05) is 0 Å². The van der Waals surface area contributed by atoms with Gasteiger partial charge < -0.3 is 24.8 Å². The maximum atomic E-state index is 12.2. The van der Waals surface area contributed by atoms with Gasteiger partial charge in [-0.3, -0.25) is 4.79 Å². The average Bonchev–Trinajstić information content (AvgIpc) is 2.65. The van der Waals surface area contributed by atoms with E-state index in [1.165, 1.54) is 0 Å². The Balaban J connectivity index is 1.64. The fourth-order valence-corrected chi connectivity index (χ4v) is 2.43. The number of pyridine rings is 1. The molecule has 25 heavy (non-hydrogen) atoms. The van der Waals surface area contributed by atoms with E-state index in [0.29, 0.717) is 43.5 Å². The molecule has 1 aromatic heterocycles. The van der Waals surface area contributed by atoms with Crippen molar-refractivity contribution in [3.05, 3.63) is 42.1 Å². The third-order valence-electron chi connectivity index (χ3n) is 3.65. The lowest BCUT2D eigenvalue weighted by atomic mass is 10.2. The minimum absolute atomic E-state index is 0.135. The first-order valence-electron chi connectivity index (χ1n) is 8.16. The Kier molecular flexibility index (Phi) is 5.69. The second-order valence-electron chi connectivity index (χ2n) is 5.52. The molecule has 1 aromatic carbocycles. The molecule has 2 aromatic rings. The van der Waals surface area contributed by atoms with Crippen LogP contribution in [0.3, 0.4) is 0 Å². The van der Waals surface area contributed by atoms with Gasteiger partial charge >= 0.3 is 0 Å². The maximum absolute atomic E-state index is 12.2. The van der Waals surface area contributed by atoms with Crippen LogP contribution in [0.15, 0.2) is 36.5 Å². The fourth-order valence-electron chi connectivity index (χ4n) is 2.43. The monoisotopic (exact) mass is 343 g/mol. The summed E-state index contributed by atoms with van der Waals surface area (Å²) < 4.78 is 16.0. The second kappa shape index (κ2) is 8.34. The summed E-state index contributed by atoms with van der Waals surface area (Å²) >= 11 is 0. The van der Waals surface area contributed by atoms with Gasteiger partial charge in [0, 0.05) is 43.8 Å². The molecule has 3 rings (SSSR count). The molecule has 0 unspecified atom stereocenters.